The summed E-state index contributed by atoms with van der Waals surface area (Å²) in [5.41, 5.74) is 13.1. The first kappa shape index (κ1) is 21.7. The van der Waals surface area contributed by atoms with Crippen LogP contribution in [0.1, 0.15) is 23.2 Å². The van der Waals surface area contributed by atoms with Gasteiger partial charge in [-0.1, -0.05) is 30.3 Å². The van der Waals surface area contributed by atoms with Crippen LogP contribution in [0.15, 0.2) is 66.3 Å². The van der Waals surface area contributed by atoms with Crippen LogP contribution in [0.2, 0.25) is 0 Å². The van der Waals surface area contributed by atoms with E-state index in [-0.39, 0.29) is 5.91 Å². The highest BCUT2D eigenvalue weighted by Gasteiger charge is 2.23. The maximum absolute atomic E-state index is 12.9. The van der Waals surface area contributed by atoms with E-state index in [4.69, 9.17) is 5.73 Å². The number of benzene rings is 2. The number of fused-ring (bicyclic) bond motifs is 1. The van der Waals surface area contributed by atoms with Crippen molar-refractivity contribution in [3.63, 3.8) is 0 Å². The Balaban J connectivity index is 1.45. The molecule has 1 saturated heterocycles. The van der Waals surface area contributed by atoms with E-state index in [2.05, 4.69) is 54.6 Å². The number of hydrogen-bond donors (Lipinski definition) is 1. The Morgan fingerprint density at radius 2 is 1.69 bits per heavy atom. The quantitative estimate of drug-likeness (QED) is 0.408. The van der Waals surface area contributed by atoms with Gasteiger partial charge in [-0.2, -0.15) is 0 Å². The van der Waals surface area contributed by atoms with Gasteiger partial charge in [-0.3, -0.25) is 4.79 Å². The lowest BCUT2D eigenvalue weighted by atomic mass is 9.97. The zero-order valence-corrected chi connectivity index (χ0v) is 20.3. The Hall–Kier alpha value is -3.78. The van der Waals surface area contributed by atoms with Crippen molar-refractivity contribution in [2.45, 2.75) is 12.8 Å². The number of carbonyl (C=O) groups is 1. The molecule has 1 amide bonds. The summed E-state index contributed by atoms with van der Waals surface area (Å²) in [4.78, 5) is 23.6. The molecule has 0 aliphatic carbocycles. The molecule has 8 heteroatoms. The molecule has 35 heavy (non-hydrogen) atoms. The predicted octanol–water partition coefficient (Wildman–Crippen LogP) is 5.10. The standard InChI is InChI=1S/C27H26N6OS/c1-31-24(19-9-11-21(12-10-19)33-15-4-16-35-33)22(23-25(28)29-17-30-26(23)31)18-5-7-20(8-6-18)27(34)32-13-2-3-14-32/h4-12,16-17H,2-3,13-15H2,1H3,(H2,28,29,30). The fourth-order valence-corrected chi connectivity index (χ4v) is 5.76. The largest absolute Gasteiger partial charge is 0.383 e. The molecule has 0 atom stereocenters. The first-order chi connectivity index (χ1) is 17.1. The van der Waals surface area contributed by atoms with Crippen LogP contribution in [0.25, 0.3) is 33.4 Å². The molecule has 0 bridgehead atoms. The van der Waals surface area contributed by atoms with Gasteiger partial charge in [-0.05, 0) is 65.6 Å². The number of nitrogen functional groups attached to an aromatic ring is 1. The van der Waals surface area contributed by atoms with Crippen LogP contribution in [0, 0.1) is 0 Å². The summed E-state index contributed by atoms with van der Waals surface area (Å²) in [5, 5.41) is 2.93. The molecule has 6 rings (SSSR count). The van der Waals surface area contributed by atoms with Crippen molar-refractivity contribution >= 4 is 40.4 Å². The zero-order valence-electron chi connectivity index (χ0n) is 19.5. The van der Waals surface area contributed by atoms with Crippen LogP contribution < -0.4 is 10.0 Å². The summed E-state index contributed by atoms with van der Waals surface area (Å²) in [6.07, 6.45) is 5.81. The van der Waals surface area contributed by atoms with Crippen molar-refractivity contribution in [1.29, 1.82) is 0 Å². The first-order valence-corrected chi connectivity index (χ1v) is 12.6. The van der Waals surface area contributed by atoms with Gasteiger partial charge in [-0.25, -0.2) is 9.97 Å². The number of aromatic nitrogens is 3. The fourth-order valence-electron chi connectivity index (χ4n) is 5.03. The van der Waals surface area contributed by atoms with Crippen LogP contribution in [0.4, 0.5) is 11.5 Å². The highest BCUT2D eigenvalue weighted by molar-refractivity contribution is 8.03. The molecule has 1 fully saturated rings. The topological polar surface area (TPSA) is 80.3 Å². The molecule has 2 aromatic carbocycles. The van der Waals surface area contributed by atoms with Gasteiger partial charge < -0.3 is 19.5 Å². The van der Waals surface area contributed by atoms with Gasteiger partial charge in [-0.15, -0.1) is 0 Å². The molecule has 176 valence electrons. The number of rotatable bonds is 4. The maximum atomic E-state index is 12.9. The molecule has 0 spiro atoms. The molecule has 2 N–H and O–H groups in total. The van der Waals surface area contributed by atoms with Crippen molar-refractivity contribution in [2.75, 3.05) is 29.7 Å². The van der Waals surface area contributed by atoms with E-state index in [1.54, 1.807) is 11.9 Å². The van der Waals surface area contributed by atoms with Crippen LogP contribution in [-0.4, -0.2) is 45.0 Å². The van der Waals surface area contributed by atoms with Crippen LogP contribution in [0.5, 0.6) is 0 Å². The molecular formula is C27H26N6OS. The van der Waals surface area contributed by atoms with Crippen molar-refractivity contribution in [1.82, 2.24) is 19.4 Å². The summed E-state index contributed by atoms with van der Waals surface area (Å²) < 4.78 is 4.32. The minimum atomic E-state index is 0.0971. The summed E-state index contributed by atoms with van der Waals surface area (Å²) in [6, 6.07) is 16.4. The van der Waals surface area contributed by atoms with E-state index in [9.17, 15) is 4.79 Å². The third-order valence-electron chi connectivity index (χ3n) is 6.79. The molecule has 4 heterocycles. The first-order valence-electron chi connectivity index (χ1n) is 11.8. The smallest absolute Gasteiger partial charge is 0.253 e. The number of anilines is 2. The SMILES string of the molecule is Cn1c(-c2ccc(N3CC=CS3)cc2)c(-c2ccc(C(=O)N3CCCC3)cc2)c2c(N)ncnc21. The number of nitrogens with two attached hydrogens (primary N) is 1. The Labute approximate surface area is 208 Å². The van der Waals surface area contributed by atoms with Gasteiger partial charge in [0.25, 0.3) is 5.91 Å². The molecule has 4 aromatic rings. The molecule has 2 aliphatic heterocycles. The zero-order chi connectivity index (χ0) is 23.9. The Morgan fingerprint density at radius 3 is 2.37 bits per heavy atom. The summed E-state index contributed by atoms with van der Waals surface area (Å²) in [5.74, 6) is 0.542. The highest BCUT2D eigenvalue weighted by Crippen LogP contribution is 2.42. The number of likely N-dealkylation sites (tertiary alicyclic amines) is 1. The Morgan fingerprint density at radius 1 is 0.971 bits per heavy atom. The second kappa shape index (κ2) is 8.78. The van der Waals surface area contributed by atoms with Gasteiger partial charge >= 0.3 is 0 Å². The van der Waals surface area contributed by atoms with Crippen LogP contribution >= 0.6 is 11.9 Å². The number of amides is 1. The van der Waals surface area contributed by atoms with Crippen molar-refractivity contribution in [3.8, 4) is 22.4 Å². The minimum absolute atomic E-state index is 0.0971. The van der Waals surface area contributed by atoms with E-state index in [1.807, 2.05) is 36.2 Å². The number of aryl methyl sites for hydroxylation is 1. The average molecular weight is 483 g/mol. The second-order valence-corrected chi connectivity index (χ2v) is 9.83. The van der Waals surface area contributed by atoms with Gasteiger partial charge in [0, 0.05) is 43.5 Å². The summed E-state index contributed by atoms with van der Waals surface area (Å²) in [6.45, 7) is 2.58. The number of carbonyl (C=O) groups excluding carboxylic acids is 1. The van der Waals surface area contributed by atoms with Crippen LogP contribution in [-0.2, 0) is 7.05 Å². The van der Waals surface area contributed by atoms with Crippen molar-refractivity contribution in [3.05, 3.63) is 71.9 Å². The minimum Gasteiger partial charge on any atom is -0.383 e. The number of nitrogens with zero attached hydrogens (tertiary/aromatic N) is 5. The second-order valence-electron chi connectivity index (χ2n) is 8.90. The lowest BCUT2D eigenvalue weighted by Gasteiger charge is -2.17. The van der Waals surface area contributed by atoms with E-state index < -0.39 is 0 Å². The van der Waals surface area contributed by atoms with Gasteiger partial charge in [0.1, 0.15) is 17.8 Å². The molecule has 0 radical (unpaired) electrons. The van der Waals surface area contributed by atoms with Gasteiger partial charge in [0.2, 0.25) is 0 Å². The third-order valence-corrected chi connectivity index (χ3v) is 7.72. The summed E-state index contributed by atoms with van der Waals surface area (Å²) >= 11 is 1.70. The fraction of sp³-hybridized carbons (Fsp3) is 0.222. The number of hydrogen-bond acceptors (Lipinski definition) is 6. The average Bonchev–Trinajstić information content (AvgIpc) is 3.66. The molecular weight excluding hydrogens is 456 g/mol. The monoisotopic (exact) mass is 482 g/mol. The van der Waals surface area contributed by atoms with Crippen molar-refractivity contribution < 1.29 is 4.79 Å². The molecule has 7 nitrogen and oxygen atoms in total. The normalized spacial score (nSPS) is 15.5. The lowest BCUT2D eigenvalue weighted by Crippen LogP contribution is -2.27. The molecule has 0 unspecified atom stereocenters. The van der Waals surface area contributed by atoms with E-state index in [0.717, 1.165) is 71.6 Å². The van der Waals surface area contributed by atoms with E-state index >= 15 is 0 Å². The maximum Gasteiger partial charge on any atom is 0.253 e. The van der Waals surface area contributed by atoms with E-state index in [1.165, 1.54) is 6.33 Å². The van der Waals surface area contributed by atoms with Crippen molar-refractivity contribution in [2.24, 2.45) is 7.05 Å². The van der Waals surface area contributed by atoms with E-state index in [0.29, 0.717) is 11.4 Å². The molecule has 0 saturated carbocycles. The summed E-state index contributed by atoms with van der Waals surface area (Å²) in [7, 11) is 2.01. The Bertz CT molecular complexity index is 1430. The van der Waals surface area contributed by atoms with Gasteiger partial charge in [0.15, 0.2) is 0 Å². The van der Waals surface area contributed by atoms with Crippen LogP contribution in [0.3, 0.4) is 0 Å². The molecule has 2 aromatic heterocycles. The predicted molar refractivity (Wildman–Crippen MR) is 143 cm³/mol. The lowest BCUT2D eigenvalue weighted by molar-refractivity contribution is 0.0793. The Kier molecular flexibility index (Phi) is 5.45. The molecule has 2 aliphatic rings. The third kappa shape index (κ3) is 3.74. The van der Waals surface area contributed by atoms with Gasteiger partial charge in [0.05, 0.1) is 11.1 Å². The highest BCUT2D eigenvalue weighted by atomic mass is 32.2.